The van der Waals surface area contributed by atoms with Gasteiger partial charge in [0.05, 0.1) is 0 Å². The largest absolute Gasteiger partial charge is 0.335 e. The van der Waals surface area contributed by atoms with Crippen molar-refractivity contribution in [3.63, 3.8) is 0 Å². The maximum Gasteiger partial charge on any atom is 0.298 e. The van der Waals surface area contributed by atoms with Crippen LogP contribution in [-0.2, 0) is 11.2 Å². The Morgan fingerprint density at radius 3 is 1.33 bits per heavy atom. The Kier molecular flexibility index (Phi) is 2.28. The van der Waals surface area contributed by atoms with Crippen molar-refractivity contribution in [1.82, 2.24) is 0 Å². The fourth-order valence-corrected chi connectivity index (χ4v) is 0. The topological polar surface area (TPSA) is 80.9 Å². The molecule has 0 aromatic rings. The van der Waals surface area contributed by atoms with Crippen molar-refractivity contribution in [2.45, 2.75) is 0 Å². The summed E-state index contributed by atoms with van der Waals surface area (Å²) in [6.45, 7) is -3.87. The molecule has 0 fully saturated rings. The molecule has 0 bridgehead atoms. The van der Waals surface area contributed by atoms with Gasteiger partial charge < -0.3 is 19.2 Å². The Morgan fingerprint density at radius 1 is 1.17 bits per heavy atom. The number of hydrogen-bond acceptors (Lipinski definition) is 0. The summed E-state index contributed by atoms with van der Waals surface area (Å²) in [4.78, 5) is 23.4. The number of thiol groups is 1. The van der Waals surface area contributed by atoms with E-state index in [4.69, 9.17) is 19.2 Å². The van der Waals surface area contributed by atoms with Crippen LogP contribution in [0, 0.1) is 0 Å². The van der Waals surface area contributed by atoms with E-state index >= 15 is 0 Å². The summed E-state index contributed by atoms with van der Waals surface area (Å²) < 4.78 is 7.67. The van der Waals surface area contributed by atoms with E-state index in [1.165, 1.54) is 0 Å². The van der Waals surface area contributed by atoms with Crippen molar-refractivity contribution < 1.29 is 19.2 Å². The van der Waals surface area contributed by atoms with Crippen LogP contribution in [-0.4, -0.2) is 19.2 Å². The summed E-state index contributed by atoms with van der Waals surface area (Å²) in [5.41, 5.74) is 0. The summed E-state index contributed by atoms with van der Waals surface area (Å²) in [5, 5.41) is 0. The second-order valence-corrected chi connectivity index (χ2v) is 4.02. The van der Waals surface area contributed by atoms with Crippen molar-refractivity contribution in [2.24, 2.45) is 0 Å². The van der Waals surface area contributed by atoms with E-state index in [9.17, 15) is 0 Å². The molecule has 0 aliphatic carbocycles. The molecular formula is H5O4PS. The lowest BCUT2D eigenvalue weighted by molar-refractivity contribution is 0.361. The van der Waals surface area contributed by atoms with E-state index in [0.717, 1.165) is 0 Å². The molecule has 0 saturated carbocycles. The average molecular weight is 132 g/mol. The van der Waals surface area contributed by atoms with Gasteiger partial charge in [0, 0.05) is 0 Å². The summed E-state index contributed by atoms with van der Waals surface area (Å²) in [7, 11) is 0. The van der Waals surface area contributed by atoms with E-state index in [1.807, 2.05) is 0 Å². The molecule has 4 nitrogen and oxygen atoms in total. The highest BCUT2D eigenvalue weighted by atomic mass is 32.5. The first-order chi connectivity index (χ1) is 2.56. The van der Waals surface area contributed by atoms with Crippen molar-refractivity contribution in [3.05, 3.63) is 0 Å². The molecule has 0 heterocycles. The third-order valence-corrected chi connectivity index (χ3v) is 1.08. The molecule has 0 atom stereocenters. The summed E-state index contributed by atoms with van der Waals surface area (Å²) >= 11 is -0.748. The van der Waals surface area contributed by atoms with E-state index < -0.39 is 17.9 Å². The molecule has 0 radical (unpaired) electrons. The summed E-state index contributed by atoms with van der Waals surface area (Å²) in [6.07, 6.45) is 0. The lowest BCUT2D eigenvalue weighted by atomic mass is 15.8. The lowest BCUT2D eigenvalue weighted by Gasteiger charge is -1.94. The van der Waals surface area contributed by atoms with Crippen LogP contribution in [0.15, 0.2) is 0 Å². The molecule has 0 aliphatic heterocycles. The third kappa shape index (κ3) is 4.62. The van der Waals surface area contributed by atoms with Gasteiger partial charge in [-0.25, -0.2) is 0 Å². The third-order valence-electron chi connectivity index (χ3n) is 0.120. The van der Waals surface area contributed by atoms with Gasteiger partial charge in [0.25, 0.3) is 6.72 Å². The van der Waals surface area contributed by atoms with Crippen LogP contribution in [0.5, 0.6) is 0 Å². The SMILES string of the molecule is O[SH]=P(O)(O)O. The predicted molar refractivity (Wildman–Crippen MR) is 25.0 cm³/mol. The minimum Gasteiger partial charge on any atom is -0.335 e. The summed E-state index contributed by atoms with van der Waals surface area (Å²) in [6, 6.07) is 0. The molecule has 0 spiro atoms. The fraction of sp³-hybridized carbons (Fsp3) is 0. The van der Waals surface area contributed by atoms with Gasteiger partial charge in [-0.05, 0) is 11.2 Å². The van der Waals surface area contributed by atoms with Crippen molar-refractivity contribution in [3.8, 4) is 0 Å². The van der Waals surface area contributed by atoms with Crippen molar-refractivity contribution in [2.75, 3.05) is 0 Å². The molecule has 0 aromatic heterocycles. The Morgan fingerprint density at radius 2 is 1.33 bits per heavy atom. The predicted octanol–water partition coefficient (Wildman–Crippen LogP) is -1.07. The van der Waals surface area contributed by atoms with Crippen LogP contribution >= 0.6 is 6.72 Å². The quantitative estimate of drug-likeness (QED) is 0.215. The van der Waals surface area contributed by atoms with Crippen LogP contribution in [0.3, 0.4) is 0 Å². The van der Waals surface area contributed by atoms with Crippen molar-refractivity contribution >= 4 is 17.9 Å². The first-order valence-electron chi connectivity index (χ1n) is 1.000. The molecular weight excluding hydrogens is 127 g/mol. The van der Waals surface area contributed by atoms with Gasteiger partial charge in [-0.15, -0.1) is 0 Å². The van der Waals surface area contributed by atoms with E-state index in [1.54, 1.807) is 0 Å². The van der Waals surface area contributed by atoms with Crippen LogP contribution in [0.25, 0.3) is 0 Å². The molecule has 0 unspecified atom stereocenters. The molecule has 0 rings (SSSR count). The molecule has 6 heavy (non-hydrogen) atoms. The molecule has 0 aliphatic rings. The highest BCUT2D eigenvalue weighted by Gasteiger charge is 1.95. The lowest BCUT2D eigenvalue weighted by Crippen LogP contribution is -1.72. The minimum absolute atomic E-state index is 0.748. The van der Waals surface area contributed by atoms with Gasteiger partial charge in [-0.1, -0.05) is 0 Å². The van der Waals surface area contributed by atoms with Crippen LogP contribution in [0.1, 0.15) is 0 Å². The van der Waals surface area contributed by atoms with E-state index in [2.05, 4.69) is 0 Å². The standard InChI is InChI=1S/H5O4PS/c1-5(2,3)6-4/h1-4,6H. The Bertz CT molecular complexity index is 71.3. The van der Waals surface area contributed by atoms with Gasteiger partial charge >= 0.3 is 0 Å². The minimum atomic E-state index is -3.87. The first-order valence-corrected chi connectivity index (χ1v) is 4.20. The molecule has 40 valence electrons. The normalized spacial score (nSPS) is 12.0. The number of rotatable bonds is 0. The van der Waals surface area contributed by atoms with Crippen LogP contribution in [0.4, 0.5) is 0 Å². The maximum atomic E-state index is 7.79. The first kappa shape index (κ1) is 6.62. The van der Waals surface area contributed by atoms with Gasteiger partial charge in [-0.3, -0.25) is 0 Å². The molecule has 4 N–H and O–H groups in total. The second-order valence-electron chi connectivity index (χ2n) is 0.626. The average Bonchev–Trinajstić information content (AvgIpc) is 1.35. The van der Waals surface area contributed by atoms with Crippen LogP contribution < -0.4 is 0 Å². The summed E-state index contributed by atoms with van der Waals surface area (Å²) in [5.74, 6) is 0. The van der Waals surface area contributed by atoms with Gasteiger partial charge in [0.1, 0.15) is 0 Å². The number of hydrogen-bond donors (Lipinski definition) is 5. The fourth-order valence-electron chi connectivity index (χ4n) is 0. The maximum absolute atomic E-state index is 7.79. The Labute approximate surface area is 38.1 Å². The molecule has 6 heteroatoms. The Hall–Kier alpha value is 0.620. The monoisotopic (exact) mass is 132 g/mol. The highest BCUT2D eigenvalue weighted by Crippen LogP contribution is 2.29. The zero-order chi connectivity index (χ0) is 5.21. The molecule has 0 amide bonds. The van der Waals surface area contributed by atoms with E-state index in [-0.39, 0.29) is 0 Å². The second kappa shape index (κ2) is 2.07. The van der Waals surface area contributed by atoms with E-state index in [0.29, 0.717) is 0 Å². The van der Waals surface area contributed by atoms with Gasteiger partial charge in [0.2, 0.25) is 0 Å². The van der Waals surface area contributed by atoms with Gasteiger partial charge in [0.15, 0.2) is 0 Å². The molecule has 0 aromatic carbocycles. The highest BCUT2D eigenvalue weighted by molar-refractivity contribution is 8.13. The zero-order valence-corrected chi connectivity index (χ0v) is 4.47. The zero-order valence-electron chi connectivity index (χ0n) is 2.68. The van der Waals surface area contributed by atoms with Gasteiger partial charge in [-0.2, -0.15) is 0 Å². The molecule has 0 saturated heterocycles. The smallest absolute Gasteiger partial charge is 0.298 e. The Balaban J connectivity index is 3.79. The van der Waals surface area contributed by atoms with Crippen molar-refractivity contribution in [1.29, 1.82) is 0 Å². The van der Waals surface area contributed by atoms with Crippen LogP contribution in [0.2, 0.25) is 0 Å².